The Kier molecular flexibility index (Phi) is 7.87. The highest BCUT2D eigenvalue weighted by molar-refractivity contribution is 6.13. The Morgan fingerprint density at radius 1 is 0.647 bits per heavy atom. The minimum absolute atomic E-state index is 0.182. The molecule has 2 aliphatic rings. The fourth-order valence-corrected chi connectivity index (χ4v) is 4.64. The van der Waals surface area contributed by atoms with Crippen LogP contribution in [0.15, 0.2) is 12.2 Å². The van der Waals surface area contributed by atoms with Crippen LogP contribution in [0, 0.1) is 0 Å². The molecule has 2 aromatic rings. The zero-order chi connectivity index (χ0) is 23.9. The summed E-state index contributed by atoms with van der Waals surface area (Å²) in [5, 5.41) is 17.2. The second-order valence-corrected chi connectivity index (χ2v) is 8.70. The maximum Gasteiger partial charge on any atom is 0.356 e. The highest BCUT2D eigenvalue weighted by Crippen LogP contribution is 2.23. The summed E-state index contributed by atoms with van der Waals surface area (Å²) in [4.78, 5) is 25.5. The lowest BCUT2D eigenvalue weighted by Crippen LogP contribution is -2.17. The van der Waals surface area contributed by atoms with Gasteiger partial charge in [-0.25, -0.2) is 19.0 Å². The number of carbonyl (C=O) groups is 2. The first kappa shape index (κ1) is 23.8. The highest BCUT2D eigenvalue weighted by Gasteiger charge is 2.24. The van der Waals surface area contributed by atoms with E-state index in [1.165, 1.54) is 39.2 Å². The fraction of sp³-hybridized carbons (Fsp3) is 0.583. The van der Waals surface area contributed by atoms with Crippen LogP contribution in [0.1, 0.15) is 74.1 Å². The molecule has 0 radical (unpaired) electrons. The summed E-state index contributed by atoms with van der Waals surface area (Å²) in [5.74, 6) is -1.13. The number of hydrogen-bond acceptors (Lipinski definition) is 8. The van der Waals surface area contributed by atoms with Crippen LogP contribution in [0.25, 0.3) is 11.4 Å². The maximum atomic E-state index is 12.7. The average molecular weight is 469 g/mol. The lowest BCUT2D eigenvalue weighted by molar-refractivity contribution is -0.135. The van der Waals surface area contributed by atoms with E-state index in [-0.39, 0.29) is 11.4 Å². The molecular weight excluding hydrogens is 436 g/mol. The van der Waals surface area contributed by atoms with Crippen molar-refractivity contribution < 1.29 is 19.1 Å². The largest absolute Gasteiger partial charge is 0.464 e. The van der Waals surface area contributed by atoms with Crippen molar-refractivity contribution in [2.45, 2.75) is 77.0 Å². The van der Waals surface area contributed by atoms with E-state index in [2.05, 4.69) is 20.6 Å². The zero-order valence-electron chi connectivity index (χ0n) is 20.0. The van der Waals surface area contributed by atoms with Gasteiger partial charge in [-0.2, -0.15) is 0 Å². The average Bonchev–Trinajstić information content (AvgIpc) is 3.38. The Bertz CT molecular complexity index is 1010. The highest BCUT2D eigenvalue weighted by atomic mass is 16.5. The molecule has 10 nitrogen and oxygen atoms in total. The molecule has 182 valence electrons. The van der Waals surface area contributed by atoms with Gasteiger partial charge in [-0.3, -0.25) is 0 Å². The maximum absolute atomic E-state index is 12.7. The van der Waals surface area contributed by atoms with E-state index in [1.807, 2.05) is 0 Å². The van der Waals surface area contributed by atoms with Crippen LogP contribution in [0.2, 0.25) is 0 Å². The molecule has 34 heavy (non-hydrogen) atoms. The normalized spacial score (nSPS) is 17.5. The third kappa shape index (κ3) is 5.10. The van der Waals surface area contributed by atoms with Gasteiger partial charge < -0.3 is 9.47 Å². The summed E-state index contributed by atoms with van der Waals surface area (Å²) >= 11 is 0. The monoisotopic (exact) mass is 468 g/mol. The number of hydrogen-bond donors (Lipinski definition) is 0. The molecule has 0 saturated carbocycles. The third-order valence-electron chi connectivity index (χ3n) is 6.49. The summed E-state index contributed by atoms with van der Waals surface area (Å²) in [6, 6.07) is 0. The molecule has 2 aromatic heterocycles. The van der Waals surface area contributed by atoms with Crippen molar-refractivity contribution in [1.29, 1.82) is 0 Å². The van der Waals surface area contributed by atoms with Crippen LogP contribution in [-0.2, 0) is 44.7 Å². The Morgan fingerprint density at radius 3 is 1.41 bits per heavy atom. The van der Waals surface area contributed by atoms with Gasteiger partial charge in [-0.15, -0.1) is 10.2 Å². The number of allylic oxidation sites excluding steroid dienone is 2. The van der Waals surface area contributed by atoms with Gasteiger partial charge in [0.1, 0.15) is 0 Å². The molecule has 0 spiro atoms. The van der Waals surface area contributed by atoms with Gasteiger partial charge in [-0.1, -0.05) is 36.1 Å². The molecule has 2 aliphatic carbocycles. The second kappa shape index (κ2) is 11.2. The molecule has 0 unspecified atom stereocenters. The lowest BCUT2D eigenvalue weighted by Gasteiger charge is -2.13. The summed E-state index contributed by atoms with van der Waals surface area (Å²) in [6.45, 7) is 0. The number of ether oxygens (including phenoxy) is 2. The lowest BCUT2D eigenvalue weighted by atomic mass is 10.0. The summed E-state index contributed by atoms with van der Waals surface area (Å²) in [6.07, 6.45) is 15.0. The standard InChI is InChI=1S/C24H32N6O4/c1-33-23(31)21(29-19-13-9-5-3-7-11-17(19)25-27-29)15-16-22(24(32)34-2)30-20-14-10-6-4-8-12-18(20)26-28-30/h15-16H,3-14H2,1-2H3/b21-15-,22-16-. The molecule has 0 N–H and O–H groups in total. The van der Waals surface area contributed by atoms with Crippen LogP contribution >= 0.6 is 0 Å². The summed E-state index contributed by atoms with van der Waals surface area (Å²) < 4.78 is 13.2. The molecule has 0 aromatic carbocycles. The van der Waals surface area contributed by atoms with Crippen molar-refractivity contribution in [3.8, 4) is 0 Å². The van der Waals surface area contributed by atoms with Gasteiger partial charge in [-0.05, 0) is 63.5 Å². The molecule has 0 atom stereocenters. The molecular formula is C24H32N6O4. The Morgan fingerprint density at radius 2 is 1.03 bits per heavy atom. The van der Waals surface area contributed by atoms with Crippen molar-refractivity contribution in [2.24, 2.45) is 0 Å². The van der Waals surface area contributed by atoms with Crippen molar-refractivity contribution in [2.75, 3.05) is 14.2 Å². The number of esters is 2. The van der Waals surface area contributed by atoms with Crippen molar-refractivity contribution in [1.82, 2.24) is 30.0 Å². The molecule has 4 rings (SSSR count). The first-order valence-corrected chi connectivity index (χ1v) is 12.1. The van der Waals surface area contributed by atoms with Crippen LogP contribution in [0.3, 0.4) is 0 Å². The van der Waals surface area contributed by atoms with E-state index in [4.69, 9.17) is 9.47 Å². The van der Waals surface area contributed by atoms with Gasteiger partial charge in [0.05, 0.1) is 37.0 Å². The smallest absolute Gasteiger partial charge is 0.356 e. The molecule has 2 heterocycles. The van der Waals surface area contributed by atoms with Gasteiger partial charge in [0.25, 0.3) is 0 Å². The van der Waals surface area contributed by atoms with E-state index in [0.29, 0.717) is 0 Å². The first-order chi connectivity index (χ1) is 16.6. The number of aryl methyl sites for hydroxylation is 2. The number of carbonyl (C=O) groups excluding carboxylic acids is 2. The predicted octanol–water partition coefficient (Wildman–Crippen LogP) is 2.92. The Labute approximate surface area is 199 Å². The molecule has 0 saturated heterocycles. The number of fused-ring (bicyclic) bond motifs is 2. The number of rotatable bonds is 5. The zero-order valence-corrected chi connectivity index (χ0v) is 20.0. The van der Waals surface area contributed by atoms with E-state index >= 15 is 0 Å². The van der Waals surface area contributed by atoms with Crippen LogP contribution in [-0.4, -0.2) is 56.1 Å². The molecule has 0 aliphatic heterocycles. The third-order valence-corrected chi connectivity index (χ3v) is 6.49. The van der Waals surface area contributed by atoms with E-state index in [1.54, 1.807) is 9.36 Å². The van der Waals surface area contributed by atoms with Crippen LogP contribution in [0.4, 0.5) is 0 Å². The fourth-order valence-electron chi connectivity index (χ4n) is 4.64. The van der Waals surface area contributed by atoms with Gasteiger partial charge >= 0.3 is 11.9 Å². The SMILES string of the molecule is COC(=O)/C(=C/C=C(/C(=O)OC)n1nnc2c1CCCCCC2)n1nnc2c1CCCCCC2. The van der Waals surface area contributed by atoms with E-state index < -0.39 is 11.9 Å². The minimum atomic E-state index is -0.566. The summed E-state index contributed by atoms with van der Waals surface area (Å²) in [5.41, 5.74) is 4.00. The molecule has 10 heteroatoms. The second-order valence-electron chi connectivity index (χ2n) is 8.70. The Balaban J connectivity index is 1.78. The quantitative estimate of drug-likeness (QED) is 0.374. The van der Waals surface area contributed by atoms with Crippen molar-refractivity contribution in [3.63, 3.8) is 0 Å². The van der Waals surface area contributed by atoms with Crippen LogP contribution in [0.5, 0.6) is 0 Å². The number of nitrogens with zero attached hydrogens (tertiary/aromatic N) is 6. The molecule has 0 bridgehead atoms. The topological polar surface area (TPSA) is 114 Å². The van der Waals surface area contributed by atoms with E-state index in [0.717, 1.165) is 87.0 Å². The Hall–Kier alpha value is -3.30. The van der Waals surface area contributed by atoms with Gasteiger partial charge in [0.15, 0.2) is 11.4 Å². The van der Waals surface area contributed by atoms with Gasteiger partial charge in [0.2, 0.25) is 0 Å². The minimum Gasteiger partial charge on any atom is -0.464 e. The van der Waals surface area contributed by atoms with E-state index in [9.17, 15) is 9.59 Å². The predicted molar refractivity (Wildman–Crippen MR) is 124 cm³/mol. The molecule has 0 amide bonds. The first-order valence-electron chi connectivity index (χ1n) is 12.1. The van der Waals surface area contributed by atoms with Crippen LogP contribution < -0.4 is 0 Å². The van der Waals surface area contributed by atoms with Gasteiger partial charge in [0, 0.05) is 0 Å². The number of methoxy groups -OCH3 is 2. The summed E-state index contributed by atoms with van der Waals surface area (Å²) in [7, 11) is 2.64. The van der Waals surface area contributed by atoms with Crippen molar-refractivity contribution >= 4 is 23.3 Å². The number of aromatic nitrogens is 6. The molecule has 0 fully saturated rings. The van der Waals surface area contributed by atoms with Crippen molar-refractivity contribution in [3.05, 3.63) is 34.9 Å².